The molecule has 1 heterocycles. The van der Waals surface area contributed by atoms with Crippen LogP contribution in [0.2, 0.25) is 5.02 Å². The number of benzene rings is 1. The lowest BCUT2D eigenvalue weighted by Gasteiger charge is -2.12. The van der Waals surface area contributed by atoms with Crippen molar-refractivity contribution in [2.24, 2.45) is 5.92 Å². The van der Waals surface area contributed by atoms with E-state index in [0.717, 1.165) is 18.8 Å². The number of methoxy groups -OCH3 is 1. The Morgan fingerprint density at radius 2 is 2.04 bits per heavy atom. The van der Waals surface area contributed by atoms with E-state index in [1.807, 2.05) is 0 Å². The standard InChI is InChI=1S/C19H25ClN2O2/c1-24-19-21-17-13-15(20)10-11-16(17)18(23)22(19)12-6-2-3-7-14-8-4-5-9-14/h10-11,13-14H,2-9,12H2,1H3. The van der Waals surface area contributed by atoms with Crippen molar-refractivity contribution in [3.63, 3.8) is 0 Å². The zero-order valence-corrected chi connectivity index (χ0v) is 15.0. The summed E-state index contributed by atoms with van der Waals surface area (Å²) in [5.74, 6) is 0.939. The summed E-state index contributed by atoms with van der Waals surface area (Å²) >= 11 is 5.99. The average Bonchev–Trinajstić information content (AvgIpc) is 3.09. The monoisotopic (exact) mass is 348 g/mol. The Hall–Kier alpha value is -1.55. The maximum absolute atomic E-state index is 12.7. The molecule has 3 rings (SSSR count). The van der Waals surface area contributed by atoms with Gasteiger partial charge in [0.2, 0.25) is 0 Å². The molecule has 0 bridgehead atoms. The van der Waals surface area contributed by atoms with E-state index >= 15 is 0 Å². The van der Waals surface area contributed by atoms with Crippen molar-refractivity contribution in [2.45, 2.75) is 57.9 Å². The van der Waals surface area contributed by atoms with E-state index in [1.165, 1.54) is 38.5 Å². The third-order valence-electron chi connectivity index (χ3n) is 5.03. The second-order valence-corrected chi connectivity index (χ2v) is 7.15. The largest absolute Gasteiger partial charge is 0.468 e. The van der Waals surface area contributed by atoms with Gasteiger partial charge in [0.05, 0.1) is 18.0 Å². The van der Waals surface area contributed by atoms with Gasteiger partial charge in [0.1, 0.15) is 0 Å². The third-order valence-corrected chi connectivity index (χ3v) is 5.27. The highest BCUT2D eigenvalue weighted by Gasteiger charge is 2.14. The summed E-state index contributed by atoms with van der Waals surface area (Å²) in [5, 5.41) is 1.16. The highest BCUT2D eigenvalue weighted by molar-refractivity contribution is 6.31. The van der Waals surface area contributed by atoms with Crippen LogP contribution in [0.1, 0.15) is 51.4 Å². The van der Waals surface area contributed by atoms with Crippen molar-refractivity contribution in [3.05, 3.63) is 33.6 Å². The summed E-state index contributed by atoms with van der Waals surface area (Å²) in [6.45, 7) is 0.651. The molecule has 2 aromatic rings. The first-order chi connectivity index (χ1) is 11.7. The maximum atomic E-state index is 12.7. The molecular formula is C19H25ClN2O2. The zero-order valence-electron chi connectivity index (χ0n) is 14.3. The van der Waals surface area contributed by atoms with Crippen LogP contribution < -0.4 is 10.3 Å². The lowest BCUT2D eigenvalue weighted by atomic mass is 10.00. The third kappa shape index (κ3) is 3.92. The van der Waals surface area contributed by atoms with Crippen molar-refractivity contribution in [1.29, 1.82) is 0 Å². The van der Waals surface area contributed by atoms with Crippen molar-refractivity contribution >= 4 is 22.5 Å². The number of unbranched alkanes of at least 4 members (excludes halogenated alkanes) is 2. The van der Waals surface area contributed by atoms with Crippen molar-refractivity contribution in [3.8, 4) is 6.01 Å². The minimum Gasteiger partial charge on any atom is -0.468 e. The predicted molar refractivity (Wildman–Crippen MR) is 98.0 cm³/mol. The molecule has 0 N–H and O–H groups in total. The molecule has 1 aliphatic rings. The summed E-state index contributed by atoms with van der Waals surface area (Å²) in [5.41, 5.74) is 0.533. The Morgan fingerprint density at radius 3 is 2.79 bits per heavy atom. The number of halogens is 1. The molecule has 0 amide bonds. The van der Waals surface area contributed by atoms with Crippen LogP contribution in [0.5, 0.6) is 6.01 Å². The normalized spacial score (nSPS) is 15.2. The predicted octanol–water partition coefficient (Wildman–Crippen LogP) is 4.81. The smallest absolute Gasteiger partial charge is 0.299 e. The van der Waals surface area contributed by atoms with Gasteiger partial charge in [-0.3, -0.25) is 9.36 Å². The van der Waals surface area contributed by atoms with Gasteiger partial charge in [-0.15, -0.1) is 0 Å². The summed E-state index contributed by atoms with van der Waals surface area (Å²) < 4.78 is 6.97. The van der Waals surface area contributed by atoms with Crippen molar-refractivity contribution in [2.75, 3.05) is 7.11 Å². The fraction of sp³-hybridized carbons (Fsp3) is 0.579. The van der Waals surface area contributed by atoms with Gasteiger partial charge in [-0.1, -0.05) is 56.5 Å². The summed E-state index contributed by atoms with van der Waals surface area (Å²) in [6.07, 6.45) is 10.3. The van der Waals surface area contributed by atoms with E-state index in [1.54, 1.807) is 29.9 Å². The first-order valence-electron chi connectivity index (χ1n) is 8.93. The summed E-state index contributed by atoms with van der Waals surface area (Å²) in [6, 6.07) is 5.53. The van der Waals surface area contributed by atoms with Crippen LogP contribution in [0.15, 0.2) is 23.0 Å². The number of aromatic nitrogens is 2. The Labute approximate surface area is 147 Å². The first-order valence-corrected chi connectivity index (χ1v) is 9.31. The molecule has 0 spiro atoms. The van der Waals surface area contributed by atoms with Crippen molar-refractivity contribution in [1.82, 2.24) is 9.55 Å². The molecule has 1 aromatic carbocycles. The molecule has 130 valence electrons. The molecule has 1 aliphatic carbocycles. The SMILES string of the molecule is COc1nc2cc(Cl)ccc2c(=O)n1CCCCCC1CCCC1. The van der Waals surface area contributed by atoms with E-state index in [0.29, 0.717) is 28.5 Å². The van der Waals surface area contributed by atoms with Gasteiger partial charge in [0.25, 0.3) is 11.6 Å². The van der Waals surface area contributed by atoms with E-state index < -0.39 is 0 Å². The Balaban J connectivity index is 1.65. The number of fused-ring (bicyclic) bond motifs is 1. The Kier molecular flexibility index (Phi) is 5.77. The summed E-state index contributed by atoms with van der Waals surface area (Å²) in [4.78, 5) is 17.1. The fourth-order valence-electron chi connectivity index (χ4n) is 3.71. The van der Waals surface area contributed by atoms with Crippen molar-refractivity contribution < 1.29 is 4.74 Å². The van der Waals surface area contributed by atoms with E-state index in [-0.39, 0.29) is 5.56 Å². The molecule has 0 atom stereocenters. The molecule has 1 fully saturated rings. The van der Waals surface area contributed by atoms with E-state index in [9.17, 15) is 4.79 Å². The molecule has 24 heavy (non-hydrogen) atoms. The van der Waals surface area contributed by atoms with Gasteiger partial charge >= 0.3 is 0 Å². The van der Waals surface area contributed by atoms with Gasteiger partial charge in [-0.05, 0) is 30.5 Å². The quantitative estimate of drug-likeness (QED) is 0.674. The Bertz CT molecular complexity index is 751. The minimum absolute atomic E-state index is 0.0516. The minimum atomic E-state index is -0.0516. The van der Waals surface area contributed by atoms with Crippen LogP contribution in [0, 0.1) is 5.92 Å². The highest BCUT2D eigenvalue weighted by atomic mass is 35.5. The van der Waals surface area contributed by atoms with Crippen LogP contribution in [0.3, 0.4) is 0 Å². The van der Waals surface area contributed by atoms with Gasteiger partial charge in [0.15, 0.2) is 0 Å². The number of hydrogen-bond donors (Lipinski definition) is 0. The average molecular weight is 349 g/mol. The first kappa shape index (κ1) is 17.3. The second kappa shape index (κ2) is 8.02. The molecule has 0 aliphatic heterocycles. The lowest BCUT2D eigenvalue weighted by Crippen LogP contribution is -2.23. The van der Waals surface area contributed by atoms with Crippen LogP contribution in [0.25, 0.3) is 10.9 Å². The molecule has 1 saturated carbocycles. The molecule has 0 radical (unpaired) electrons. The fourth-order valence-corrected chi connectivity index (χ4v) is 3.87. The van der Waals surface area contributed by atoms with Crippen LogP contribution in [0.4, 0.5) is 0 Å². The van der Waals surface area contributed by atoms with E-state index in [4.69, 9.17) is 16.3 Å². The highest BCUT2D eigenvalue weighted by Crippen LogP contribution is 2.29. The van der Waals surface area contributed by atoms with Crippen LogP contribution >= 0.6 is 11.6 Å². The molecule has 5 heteroatoms. The number of nitrogens with zero attached hydrogens (tertiary/aromatic N) is 2. The second-order valence-electron chi connectivity index (χ2n) is 6.72. The van der Waals surface area contributed by atoms with Gasteiger partial charge in [0, 0.05) is 11.6 Å². The number of ether oxygens (including phenoxy) is 1. The van der Waals surface area contributed by atoms with E-state index in [2.05, 4.69) is 4.98 Å². The summed E-state index contributed by atoms with van der Waals surface area (Å²) in [7, 11) is 1.55. The topological polar surface area (TPSA) is 44.1 Å². The zero-order chi connectivity index (χ0) is 16.9. The maximum Gasteiger partial charge on any atom is 0.299 e. The molecule has 0 unspecified atom stereocenters. The molecule has 0 saturated heterocycles. The Morgan fingerprint density at radius 1 is 1.25 bits per heavy atom. The molecule has 1 aromatic heterocycles. The van der Waals surface area contributed by atoms with Gasteiger partial charge < -0.3 is 4.74 Å². The van der Waals surface area contributed by atoms with Gasteiger partial charge in [-0.25, -0.2) is 0 Å². The van der Waals surface area contributed by atoms with Gasteiger partial charge in [-0.2, -0.15) is 4.98 Å². The number of rotatable bonds is 7. The number of hydrogen-bond acceptors (Lipinski definition) is 3. The lowest BCUT2D eigenvalue weighted by molar-refractivity contribution is 0.343. The molecular weight excluding hydrogens is 324 g/mol. The van der Waals surface area contributed by atoms with Crippen LogP contribution in [-0.2, 0) is 6.54 Å². The van der Waals surface area contributed by atoms with Crippen LogP contribution in [-0.4, -0.2) is 16.7 Å². The molecule has 4 nitrogen and oxygen atoms in total.